The molecule has 8 nitrogen and oxygen atoms in total. The van der Waals surface area contributed by atoms with E-state index in [1.807, 2.05) is 42.7 Å². The van der Waals surface area contributed by atoms with Crippen LogP contribution in [-0.2, 0) is 4.79 Å². The van der Waals surface area contributed by atoms with Crippen LogP contribution in [0.4, 0.5) is 18.9 Å². The van der Waals surface area contributed by atoms with Gasteiger partial charge in [-0.05, 0) is 49.6 Å². The molecule has 0 fully saturated rings. The minimum absolute atomic E-state index is 0.201. The predicted octanol–water partition coefficient (Wildman–Crippen LogP) is 3.23. The zero-order valence-corrected chi connectivity index (χ0v) is 15.4. The van der Waals surface area contributed by atoms with Crippen LogP contribution in [0.15, 0.2) is 36.8 Å². The molecule has 3 rings (SSSR count). The summed E-state index contributed by atoms with van der Waals surface area (Å²) in [6.45, 7) is 4.00. The average Bonchev–Trinajstić information content (AvgIpc) is 3.27. The summed E-state index contributed by atoms with van der Waals surface area (Å²) in [7, 11) is 0. The van der Waals surface area contributed by atoms with Crippen molar-refractivity contribution in [1.29, 1.82) is 0 Å². The Hall–Kier alpha value is -3.28. The maximum Gasteiger partial charge on any atom is 0.490 e. The lowest BCUT2D eigenvalue weighted by Gasteiger charge is -2.07. The Morgan fingerprint density at radius 1 is 1.18 bits per heavy atom. The Balaban J connectivity index is 0.000000345. The van der Waals surface area contributed by atoms with Gasteiger partial charge in [-0.2, -0.15) is 13.2 Å². The highest BCUT2D eigenvalue weighted by Gasteiger charge is 2.38. The Morgan fingerprint density at radius 2 is 1.79 bits per heavy atom. The number of carbonyl (C=O) groups is 2. The van der Waals surface area contributed by atoms with Gasteiger partial charge >= 0.3 is 12.1 Å². The molecule has 12 heteroatoms. The average molecular weight is 413 g/mol. The molecule has 0 aliphatic rings. The number of carboxylic acids is 1. The summed E-state index contributed by atoms with van der Waals surface area (Å²) >= 11 is 1.07. The zero-order chi connectivity index (χ0) is 20.9. The van der Waals surface area contributed by atoms with Gasteiger partial charge in [0.1, 0.15) is 4.88 Å². The normalized spacial score (nSPS) is 10.8. The highest BCUT2D eigenvalue weighted by atomic mass is 32.1. The molecule has 1 amide bonds. The molecule has 0 aliphatic carbocycles. The van der Waals surface area contributed by atoms with Crippen molar-refractivity contribution in [2.45, 2.75) is 20.0 Å². The quantitative estimate of drug-likeness (QED) is 0.682. The van der Waals surface area contributed by atoms with Crippen LogP contribution in [0.5, 0.6) is 0 Å². The number of anilines is 1. The molecule has 0 atom stereocenters. The van der Waals surface area contributed by atoms with Crippen molar-refractivity contribution in [3.05, 3.63) is 53.1 Å². The van der Waals surface area contributed by atoms with Gasteiger partial charge in [0.25, 0.3) is 5.91 Å². The molecule has 2 N–H and O–H groups in total. The highest BCUT2D eigenvalue weighted by Crippen LogP contribution is 2.17. The monoisotopic (exact) mass is 413 g/mol. The standard InChI is InChI=1S/C14H13N5OS.C2HF3O2/c1-9-10(2)19(8-15-9)12-5-3-11(4-6-12)17-14(20)13-7-16-18-21-13;3-2(4,5)1(6)7/h3-8H,1-2H3,(H,17,20);(H,6,7). The molecule has 0 saturated heterocycles. The second kappa shape index (κ2) is 8.61. The molecule has 28 heavy (non-hydrogen) atoms. The first-order valence-electron chi connectivity index (χ1n) is 7.59. The number of hydrogen-bond donors (Lipinski definition) is 2. The number of rotatable bonds is 3. The first kappa shape index (κ1) is 21.0. The SMILES string of the molecule is Cc1ncn(-c2ccc(NC(=O)c3cnns3)cc2)c1C.O=C(O)C(F)(F)F. The Kier molecular flexibility index (Phi) is 6.46. The summed E-state index contributed by atoms with van der Waals surface area (Å²) in [6.07, 6.45) is -1.84. The molecule has 148 valence electrons. The number of alkyl halides is 3. The molecule has 2 aromatic heterocycles. The number of amides is 1. The van der Waals surface area contributed by atoms with Crippen LogP contribution in [0.3, 0.4) is 0 Å². The van der Waals surface area contributed by atoms with Crippen LogP contribution >= 0.6 is 11.5 Å². The third-order valence-corrected chi connectivity index (χ3v) is 4.15. The Labute approximate surface area is 160 Å². The number of nitrogens with zero attached hydrogens (tertiary/aromatic N) is 4. The fourth-order valence-electron chi connectivity index (χ4n) is 1.92. The van der Waals surface area contributed by atoms with Gasteiger partial charge in [-0.25, -0.2) is 9.78 Å². The second-order valence-corrected chi connectivity index (χ2v) is 6.16. The fraction of sp³-hybridized carbons (Fsp3) is 0.188. The van der Waals surface area contributed by atoms with E-state index in [0.717, 1.165) is 34.3 Å². The molecule has 0 unspecified atom stereocenters. The Morgan fingerprint density at radius 3 is 2.21 bits per heavy atom. The molecule has 1 aromatic carbocycles. The van der Waals surface area contributed by atoms with E-state index in [0.29, 0.717) is 4.88 Å². The summed E-state index contributed by atoms with van der Waals surface area (Å²) in [5.74, 6) is -2.96. The van der Waals surface area contributed by atoms with Crippen LogP contribution in [-0.4, -0.2) is 42.3 Å². The summed E-state index contributed by atoms with van der Waals surface area (Å²) in [6, 6.07) is 7.59. The van der Waals surface area contributed by atoms with E-state index in [1.54, 1.807) is 6.33 Å². The number of nitrogens with one attached hydrogen (secondary N) is 1. The van der Waals surface area contributed by atoms with E-state index in [2.05, 4.69) is 19.9 Å². The van der Waals surface area contributed by atoms with Crippen LogP contribution in [0.25, 0.3) is 5.69 Å². The number of aromatic nitrogens is 4. The van der Waals surface area contributed by atoms with Crippen LogP contribution in [0.2, 0.25) is 0 Å². The number of aryl methyl sites for hydroxylation is 1. The second-order valence-electron chi connectivity index (χ2n) is 5.37. The maximum absolute atomic E-state index is 11.9. The van der Waals surface area contributed by atoms with E-state index in [-0.39, 0.29) is 5.91 Å². The van der Waals surface area contributed by atoms with Crippen molar-refractivity contribution >= 4 is 29.1 Å². The summed E-state index contributed by atoms with van der Waals surface area (Å²) in [5, 5.41) is 13.6. The number of carbonyl (C=O) groups excluding carboxylic acids is 1. The topological polar surface area (TPSA) is 110 Å². The van der Waals surface area contributed by atoms with Crippen molar-refractivity contribution in [2.75, 3.05) is 5.32 Å². The Bertz CT molecular complexity index is 953. The molecule has 0 saturated carbocycles. The van der Waals surface area contributed by atoms with Gasteiger partial charge in [0.05, 0.1) is 18.2 Å². The van der Waals surface area contributed by atoms with Crippen molar-refractivity contribution < 1.29 is 27.9 Å². The summed E-state index contributed by atoms with van der Waals surface area (Å²) in [5.41, 5.74) is 3.84. The number of carboxylic acid groups (broad SMARTS) is 1. The number of aliphatic carboxylic acids is 1. The minimum atomic E-state index is -5.08. The molecule has 3 aromatic rings. The third-order valence-electron chi connectivity index (χ3n) is 3.48. The van der Waals surface area contributed by atoms with Gasteiger partial charge in [-0.15, -0.1) is 5.10 Å². The number of hydrogen-bond acceptors (Lipinski definition) is 6. The van der Waals surface area contributed by atoms with E-state index < -0.39 is 12.1 Å². The summed E-state index contributed by atoms with van der Waals surface area (Å²) in [4.78, 5) is 25.6. The fourth-order valence-corrected chi connectivity index (χ4v) is 2.33. The van der Waals surface area contributed by atoms with Crippen molar-refractivity contribution in [3.63, 3.8) is 0 Å². The van der Waals surface area contributed by atoms with Gasteiger partial charge in [0.15, 0.2) is 0 Å². The van der Waals surface area contributed by atoms with Crippen molar-refractivity contribution in [2.24, 2.45) is 0 Å². The third kappa shape index (κ3) is 5.36. The van der Waals surface area contributed by atoms with Crippen LogP contribution in [0, 0.1) is 13.8 Å². The molecular formula is C16H14F3N5O3S. The molecule has 2 heterocycles. The van der Waals surface area contributed by atoms with Gasteiger partial charge in [0.2, 0.25) is 0 Å². The number of halogens is 3. The van der Waals surface area contributed by atoms with E-state index >= 15 is 0 Å². The van der Waals surface area contributed by atoms with Gasteiger partial charge < -0.3 is 15.0 Å². The van der Waals surface area contributed by atoms with Gasteiger partial charge in [0, 0.05) is 17.1 Å². The van der Waals surface area contributed by atoms with Crippen LogP contribution in [0.1, 0.15) is 21.1 Å². The van der Waals surface area contributed by atoms with Gasteiger partial charge in [-0.3, -0.25) is 4.79 Å². The maximum atomic E-state index is 11.9. The number of benzene rings is 1. The lowest BCUT2D eigenvalue weighted by atomic mass is 10.2. The van der Waals surface area contributed by atoms with Crippen molar-refractivity contribution in [1.82, 2.24) is 19.1 Å². The first-order chi connectivity index (χ1) is 13.1. The minimum Gasteiger partial charge on any atom is -0.475 e. The highest BCUT2D eigenvalue weighted by molar-refractivity contribution is 7.07. The van der Waals surface area contributed by atoms with E-state index in [9.17, 15) is 18.0 Å². The molecular weight excluding hydrogens is 399 g/mol. The lowest BCUT2D eigenvalue weighted by Crippen LogP contribution is -2.21. The van der Waals surface area contributed by atoms with Gasteiger partial charge in [-0.1, -0.05) is 4.49 Å². The predicted molar refractivity (Wildman–Crippen MR) is 94.6 cm³/mol. The zero-order valence-electron chi connectivity index (χ0n) is 14.6. The van der Waals surface area contributed by atoms with Crippen molar-refractivity contribution in [3.8, 4) is 5.69 Å². The molecule has 0 radical (unpaired) electrons. The molecule has 0 aliphatic heterocycles. The smallest absolute Gasteiger partial charge is 0.475 e. The van der Waals surface area contributed by atoms with Crippen LogP contribution < -0.4 is 5.32 Å². The summed E-state index contributed by atoms with van der Waals surface area (Å²) < 4.78 is 37.4. The van der Waals surface area contributed by atoms with E-state index in [4.69, 9.17) is 9.90 Å². The molecule has 0 spiro atoms. The molecule has 0 bridgehead atoms. The lowest BCUT2D eigenvalue weighted by molar-refractivity contribution is -0.192. The van der Waals surface area contributed by atoms with E-state index in [1.165, 1.54) is 6.20 Å². The first-order valence-corrected chi connectivity index (χ1v) is 8.36. The largest absolute Gasteiger partial charge is 0.490 e. The number of imidazole rings is 1.